The molecule has 0 aliphatic heterocycles. The van der Waals surface area contributed by atoms with Gasteiger partial charge in [-0.15, -0.1) is 0 Å². The molecule has 3 rings (SSSR count). The Labute approximate surface area is 240 Å². The van der Waals surface area contributed by atoms with Crippen LogP contribution >= 0.6 is 34.8 Å². The summed E-state index contributed by atoms with van der Waals surface area (Å²) >= 11 is 18.5. The second-order valence-electron chi connectivity index (χ2n) is 9.76. The maximum Gasteiger partial charge on any atom is 0.242 e. The van der Waals surface area contributed by atoms with Crippen LogP contribution in [0.1, 0.15) is 56.6 Å². The normalized spacial score (nSPS) is 14.8. The Morgan fingerprint density at radius 1 is 1.05 bits per heavy atom. The zero-order valence-corrected chi connectivity index (χ0v) is 24.9. The van der Waals surface area contributed by atoms with Gasteiger partial charge in [-0.1, -0.05) is 59.8 Å². The van der Waals surface area contributed by atoms with Gasteiger partial charge in [-0.25, -0.2) is 8.42 Å². The number of carbonyl (C=O) groups is 2. The Hall–Kier alpha value is -2.00. The summed E-state index contributed by atoms with van der Waals surface area (Å²) in [4.78, 5) is 28.1. The quantitative estimate of drug-likeness (QED) is 0.343. The van der Waals surface area contributed by atoms with E-state index in [1.807, 2.05) is 0 Å². The fourth-order valence-corrected chi connectivity index (χ4v) is 6.16. The Morgan fingerprint density at radius 2 is 1.74 bits per heavy atom. The smallest absolute Gasteiger partial charge is 0.242 e. The number of anilines is 1. The van der Waals surface area contributed by atoms with Gasteiger partial charge in [0.15, 0.2) is 0 Å². The molecule has 208 valence electrons. The van der Waals surface area contributed by atoms with Crippen molar-refractivity contribution in [3.8, 4) is 0 Å². The third-order valence-electron chi connectivity index (χ3n) is 6.87. The summed E-state index contributed by atoms with van der Waals surface area (Å²) < 4.78 is 26.4. The van der Waals surface area contributed by atoms with Gasteiger partial charge < -0.3 is 10.2 Å². The number of nitrogens with one attached hydrogen (secondary N) is 1. The second-order valence-corrected chi connectivity index (χ2v) is 12.9. The number of hydrogen-bond acceptors (Lipinski definition) is 4. The fourth-order valence-electron chi connectivity index (χ4n) is 4.66. The highest BCUT2D eigenvalue weighted by Crippen LogP contribution is 2.29. The first-order valence-corrected chi connectivity index (χ1v) is 15.6. The van der Waals surface area contributed by atoms with Gasteiger partial charge in [-0.2, -0.15) is 0 Å². The lowest BCUT2D eigenvalue weighted by Crippen LogP contribution is -2.49. The van der Waals surface area contributed by atoms with Crippen LogP contribution in [-0.4, -0.2) is 50.0 Å². The number of benzene rings is 2. The van der Waals surface area contributed by atoms with Crippen molar-refractivity contribution >= 4 is 62.3 Å². The third kappa shape index (κ3) is 8.01. The van der Waals surface area contributed by atoms with E-state index in [2.05, 4.69) is 5.32 Å². The molecule has 1 N–H and O–H groups in total. The molecule has 38 heavy (non-hydrogen) atoms. The number of hydrogen-bond donors (Lipinski definition) is 1. The lowest BCUT2D eigenvalue weighted by molar-refractivity contribution is -0.141. The van der Waals surface area contributed by atoms with Crippen molar-refractivity contribution in [3.05, 3.63) is 62.6 Å². The monoisotopic (exact) mass is 601 g/mol. The molecule has 0 spiro atoms. The Bertz CT molecular complexity index is 1270. The minimum Gasteiger partial charge on any atom is -0.352 e. The number of nitrogens with zero attached hydrogens (tertiary/aromatic N) is 2. The topological polar surface area (TPSA) is 86.8 Å². The van der Waals surface area contributed by atoms with E-state index >= 15 is 0 Å². The van der Waals surface area contributed by atoms with E-state index < -0.39 is 16.1 Å². The lowest BCUT2D eigenvalue weighted by Gasteiger charge is -2.30. The highest BCUT2D eigenvalue weighted by molar-refractivity contribution is 7.92. The summed E-state index contributed by atoms with van der Waals surface area (Å²) in [6.45, 7) is 3.72. The first-order chi connectivity index (χ1) is 17.9. The summed E-state index contributed by atoms with van der Waals surface area (Å²) in [7, 11) is -3.62. The molecule has 1 aliphatic rings. The van der Waals surface area contributed by atoms with Gasteiger partial charge in [-0.3, -0.25) is 13.9 Å². The van der Waals surface area contributed by atoms with Gasteiger partial charge in [0.1, 0.15) is 6.04 Å². The van der Waals surface area contributed by atoms with E-state index in [9.17, 15) is 18.0 Å². The summed E-state index contributed by atoms with van der Waals surface area (Å²) in [5, 5.41) is 4.29. The zero-order valence-electron chi connectivity index (χ0n) is 21.8. The number of carbonyl (C=O) groups excluding carboxylic acids is 2. The lowest BCUT2D eigenvalue weighted by atomic mass is 10.1. The molecule has 0 aromatic heterocycles. The zero-order chi connectivity index (χ0) is 28.0. The third-order valence-corrected chi connectivity index (χ3v) is 9.19. The summed E-state index contributed by atoms with van der Waals surface area (Å²) in [5.41, 5.74) is 1.86. The highest BCUT2D eigenvalue weighted by Gasteiger charge is 2.29. The van der Waals surface area contributed by atoms with Crippen LogP contribution in [-0.2, 0) is 26.2 Å². The van der Waals surface area contributed by atoms with E-state index in [1.54, 1.807) is 50.2 Å². The van der Waals surface area contributed by atoms with Gasteiger partial charge in [0, 0.05) is 30.6 Å². The predicted molar refractivity (Wildman–Crippen MR) is 154 cm³/mol. The van der Waals surface area contributed by atoms with E-state index in [0.29, 0.717) is 26.3 Å². The molecular formula is C27H34Cl3N3O4S. The molecular weight excluding hydrogens is 569 g/mol. The molecule has 2 aromatic carbocycles. The van der Waals surface area contributed by atoms with E-state index in [4.69, 9.17) is 34.8 Å². The summed E-state index contributed by atoms with van der Waals surface area (Å²) in [5.74, 6) is -0.473. The molecule has 1 fully saturated rings. The molecule has 0 bridgehead atoms. The number of amides is 2. The maximum absolute atomic E-state index is 13.5. The first-order valence-electron chi connectivity index (χ1n) is 12.6. The largest absolute Gasteiger partial charge is 0.352 e. The average Bonchev–Trinajstić information content (AvgIpc) is 3.36. The molecule has 1 saturated carbocycles. The maximum atomic E-state index is 13.5. The minimum absolute atomic E-state index is 0.0496. The van der Waals surface area contributed by atoms with Crippen molar-refractivity contribution in [2.45, 2.75) is 71.0 Å². The van der Waals surface area contributed by atoms with Crippen LogP contribution in [0.5, 0.6) is 0 Å². The first kappa shape index (κ1) is 30.5. The second kappa shape index (κ2) is 13.4. The molecule has 1 atom stereocenters. The molecule has 2 amide bonds. The molecule has 7 nitrogen and oxygen atoms in total. The highest BCUT2D eigenvalue weighted by atomic mass is 35.5. The molecule has 0 radical (unpaired) electrons. The SMILES string of the molecule is Cc1c(Cl)cccc1N(CCCC(=O)N(Cc1ccc(Cl)c(Cl)c1)C(C)C(=O)NC1CCCC1)S(C)(=O)=O. The average molecular weight is 603 g/mol. The van der Waals surface area contributed by atoms with Gasteiger partial charge >= 0.3 is 0 Å². The van der Waals surface area contributed by atoms with Crippen molar-refractivity contribution in [1.82, 2.24) is 10.2 Å². The van der Waals surface area contributed by atoms with Crippen molar-refractivity contribution in [1.29, 1.82) is 0 Å². The van der Waals surface area contributed by atoms with Gasteiger partial charge in [0.05, 0.1) is 22.0 Å². The van der Waals surface area contributed by atoms with Crippen LogP contribution in [0.3, 0.4) is 0 Å². The summed E-state index contributed by atoms with van der Waals surface area (Å²) in [6.07, 6.45) is 5.46. The predicted octanol–water partition coefficient (Wildman–Crippen LogP) is 5.98. The number of rotatable bonds is 11. The van der Waals surface area contributed by atoms with E-state index in [-0.39, 0.29) is 43.8 Å². The Balaban J connectivity index is 1.76. The van der Waals surface area contributed by atoms with Crippen LogP contribution in [0.4, 0.5) is 5.69 Å². The van der Waals surface area contributed by atoms with Gasteiger partial charge in [0.2, 0.25) is 21.8 Å². The van der Waals surface area contributed by atoms with Gasteiger partial charge in [0.25, 0.3) is 0 Å². The Kier molecular flexibility index (Phi) is 10.7. The van der Waals surface area contributed by atoms with Crippen LogP contribution < -0.4 is 9.62 Å². The number of halogens is 3. The van der Waals surface area contributed by atoms with E-state index in [0.717, 1.165) is 37.5 Å². The molecule has 0 saturated heterocycles. The minimum atomic E-state index is -3.62. The van der Waals surface area contributed by atoms with Crippen molar-refractivity contribution in [3.63, 3.8) is 0 Å². The van der Waals surface area contributed by atoms with Gasteiger partial charge in [-0.05, 0) is 68.5 Å². The summed E-state index contributed by atoms with van der Waals surface area (Å²) in [6, 6.07) is 9.58. The van der Waals surface area contributed by atoms with E-state index in [1.165, 1.54) is 9.21 Å². The molecule has 1 aliphatic carbocycles. The van der Waals surface area contributed by atoms with Crippen molar-refractivity contribution in [2.75, 3.05) is 17.1 Å². The van der Waals surface area contributed by atoms with Crippen LogP contribution in [0, 0.1) is 6.92 Å². The molecule has 2 aromatic rings. The number of sulfonamides is 1. The molecule has 1 unspecified atom stereocenters. The fraction of sp³-hybridized carbons (Fsp3) is 0.481. The standard InChI is InChI=1S/C27H34Cl3N3O4S/c1-18-22(28)10-6-11-25(18)33(38(3,36)37)15-7-12-26(34)32(17-20-13-14-23(29)24(30)16-20)19(2)27(35)31-21-8-4-5-9-21/h6,10-11,13-14,16,19,21H,4-5,7-9,12,15,17H2,1-3H3,(H,31,35). The van der Waals surface area contributed by atoms with Crippen LogP contribution in [0.2, 0.25) is 15.1 Å². The Morgan fingerprint density at radius 3 is 2.37 bits per heavy atom. The van der Waals surface area contributed by atoms with Crippen molar-refractivity contribution < 1.29 is 18.0 Å². The molecule has 11 heteroatoms. The van der Waals surface area contributed by atoms with Crippen molar-refractivity contribution in [2.24, 2.45) is 0 Å². The van der Waals surface area contributed by atoms with Crippen LogP contribution in [0.25, 0.3) is 0 Å². The van der Waals surface area contributed by atoms with Crippen LogP contribution in [0.15, 0.2) is 36.4 Å². The molecule has 0 heterocycles.